The lowest BCUT2D eigenvalue weighted by molar-refractivity contribution is -0.109. The summed E-state index contributed by atoms with van der Waals surface area (Å²) >= 11 is 0. The van der Waals surface area contributed by atoms with Crippen LogP contribution in [0.15, 0.2) is 24.3 Å². The summed E-state index contributed by atoms with van der Waals surface area (Å²) in [5.74, 6) is -0.311. The maximum atomic E-state index is 11.5. The molecule has 1 rings (SSSR count). The summed E-state index contributed by atoms with van der Waals surface area (Å²) in [6.45, 7) is 4.11. The third kappa shape index (κ3) is 4.54. The van der Waals surface area contributed by atoms with Crippen molar-refractivity contribution in [3.63, 3.8) is 0 Å². The Kier molecular flexibility index (Phi) is 6.32. The van der Waals surface area contributed by atoms with Crippen LogP contribution < -0.4 is 5.32 Å². The highest BCUT2D eigenvalue weighted by Gasteiger charge is 2.15. The van der Waals surface area contributed by atoms with E-state index in [-0.39, 0.29) is 18.3 Å². The molecule has 19 heavy (non-hydrogen) atoms. The lowest BCUT2D eigenvalue weighted by Crippen LogP contribution is -2.33. The largest absolute Gasteiger partial charge is 0.462 e. The maximum absolute atomic E-state index is 11.5. The molecule has 0 saturated heterocycles. The van der Waals surface area contributed by atoms with Crippen molar-refractivity contribution < 1.29 is 19.0 Å². The second kappa shape index (κ2) is 7.76. The average Bonchev–Trinajstić information content (AvgIpc) is 2.41. The number of carbonyl (C=O) groups is 1. The van der Waals surface area contributed by atoms with Gasteiger partial charge in [0.05, 0.1) is 18.2 Å². The summed E-state index contributed by atoms with van der Waals surface area (Å²) in [5, 5.41) is 3.24. The number of carbonyl (C=O) groups excluding carboxylic acids is 1. The van der Waals surface area contributed by atoms with E-state index >= 15 is 0 Å². The van der Waals surface area contributed by atoms with Crippen molar-refractivity contribution >= 4 is 11.7 Å². The number of methoxy groups -OCH3 is 2. The topological polar surface area (TPSA) is 56.8 Å². The van der Waals surface area contributed by atoms with Crippen molar-refractivity contribution in [3.05, 3.63) is 29.8 Å². The molecular formula is C14H21NO4. The maximum Gasteiger partial charge on any atom is 0.338 e. The minimum absolute atomic E-state index is 0.0107. The molecule has 1 unspecified atom stereocenters. The normalized spacial score (nSPS) is 12.3. The SMILES string of the molecule is CCOC(=O)c1ccc(NC(C)C(OC)OC)cc1. The minimum atomic E-state index is -0.329. The lowest BCUT2D eigenvalue weighted by Gasteiger charge is -2.23. The number of ether oxygens (including phenoxy) is 3. The van der Waals surface area contributed by atoms with Crippen molar-refractivity contribution in [2.24, 2.45) is 0 Å². The van der Waals surface area contributed by atoms with Gasteiger partial charge < -0.3 is 19.5 Å². The van der Waals surface area contributed by atoms with E-state index in [0.29, 0.717) is 12.2 Å². The van der Waals surface area contributed by atoms with E-state index in [1.807, 2.05) is 19.1 Å². The fourth-order valence-corrected chi connectivity index (χ4v) is 1.75. The van der Waals surface area contributed by atoms with Crippen LogP contribution in [0.2, 0.25) is 0 Å². The van der Waals surface area contributed by atoms with Gasteiger partial charge in [-0.2, -0.15) is 0 Å². The first-order valence-electron chi connectivity index (χ1n) is 6.21. The number of hydrogen-bond acceptors (Lipinski definition) is 5. The van der Waals surface area contributed by atoms with E-state index in [4.69, 9.17) is 14.2 Å². The zero-order valence-electron chi connectivity index (χ0n) is 11.8. The van der Waals surface area contributed by atoms with Gasteiger partial charge in [0.25, 0.3) is 0 Å². The van der Waals surface area contributed by atoms with E-state index in [0.717, 1.165) is 5.69 Å². The zero-order chi connectivity index (χ0) is 14.3. The van der Waals surface area contributed by atoms with Crippen LogP contribution in [-0.4, -0.2) is 39.1 Å². The van der Waals surface area contributed by atoms with Gasteiger partial charge in [-0.05, 0) is 38.1 Å². The molecule has 0 spiro atoms. The van der Waals surface area contributed by atoms with Gasteiger partial charge in [0.1, 0.15) is 0 Å². The highest BCUT2D eigenvalue weighted by molar-refractivity contribution is 5.89. The van der Waals surface area contributed by atoms with Crippen molar-refractivity contribution in [2.75, 3.05) is 26.1 Å². The molecule has 0 aliphatic rings. The van der Waals surface area contributed by atoms with Crippen LogP contribution in [0.5, 0.6) is 0 Å². The molecular weight excluding hydrogens is 246 g/mol. The van der Waals surface area contributed by atoms with E-state index in [1.165, 1.54) is 0 Å². The summed E-state index contributed by atoms with van der Waals surface area (Å²) in [4.78, 5) is 11.5. The molecule has 0 heterocycles. The second-order valence-corrected chi connectivity index (χ2v) is 4.07. The van der Waals surface area contributed by atoms with Crippen LogP contribution in [0.4, 0.5) is 5.69 Å². The number of anilines is 1. The number of esters is 1. The summed E-state index contributed by atoms with van der Waals surface area (Å²) < 4.78 is 15.3. The third-order valence-corrected chi connectivity index (χ3v) is 2.66. The van der Waals surface area contributed by atoms with Gasteiger partial charge in [-0.15, -0.1) is 0 Å². The molecule has 1 aromatic rings. The molecule has 1 N–H and O–H groups in total. The first-order valence-corrected chi connectivity index (χ1v) is 6.21. The Balaban J connectivity index is 2.64. The minimum Gasteiger partial charge on any atom is -0.462 e. The lowest BCUT2D eigenvalue weighted by atomic mass is 10.2. The highest BCUT2D eigenvalue weighted by atomic mass is 16.7. The van der Waals surface area contributed by atoms with Crippen molar-refractivity contribution in [1.82, 2.24) is 0 Å². The molecule has 0 fully saturated rings. The van der Waals surface area contributed by atoms with Gasteiger partial charge in [0, 0.05) is 19.9 Å². The predicted octanol–water partition coefficient (Wildman–Crippen LogP) is 2.28. The number of hydrogen-bond donors (Lipinski definition) is 1. The summed E-state index contributed by atoms with van der Waals surface area (Å²) in [6.07, 6.45) is -0.329. The Bertz CT molecular complexity index is 387. The Hall–Kier alpha value is -1.59. The van der Waals surface area contributed by atoms with Crippen molar-refractivity contribution in [2.45, 2.75) is 26.2 Å². The third-order valence-electron chi connectivity index (χ3n) is 2.66. The molecule has 0 aliphatic heterocycles. The molecule has 0 aromatic heterocycles. The molecule has 5 heteroatoms. The fraction of sp³-hybridized carbons (Fsp3) is 0.500. The highest BCUT2D eigenvalue weighted by Crippen LogP contribution is 2.13. The van der Waals surface area contributed by atoms with Gasteiger partial charge in [0.15, 0.2) is 6.29 Å². The molecule has 0 radical (unpaired) electrons. The first-order chi connectivity index (χ1) is 9.12. The van der Waals surface area contributed by atoms with E-state index in [1.54, 1.807) is 33.3 Å². The van der Waals surface area contributed by atoms with E-state index in [9.17, 15) is 4.79 Å². The number of benzene rings is 1. The van der Waals surface area contributed by atoms with Gasteiger partial charge in [-0.25, -0.2) is 4.79 Å². The van der Waals surface area contributed by atoms with Crippen LogP contribution in [0.3, 0.4) is 0 Å². The van der Waals surface area contributed by atoms with Crippen LogP contribution in [0, 0.1) is 0 Å². The van der Waals surface area contributed by atoms with Gasteiger partial charge >= 0.3 is 5.97 Å². The Labute approximate surface area is 113 Å². The summed E-state index contributed by atoms with van der Waals surface area (Å²) in [6, 6.07) is 7.09. The van der Waals surface area contributed by atoms with Gasteiger partial charge in [0.2, 0.25) is 0 Å². The smallest absolute Gasteiger partial charge is 0.338 e. The molecule has 106 valence electrons. The van der Waals surface area contributed by atoms with Gasteiger partial charge in [-0.1, -0.05) is 0 Å². The van der Waals surface area contributed by atoms with Crippen LogP contribution in [0.1, 0.15) is 24.2 Å². The van der Waals surface area contributed by atoms with E-state index in [2.05, 4.69) is 5.32 Å². The monoisotopic (exact) mass is 267 g/mol. The number of rotatable bonds is 7. The molecule has 0 bridgehead atoms. The molecule has 5 nitrogen and oxygen atoms in total. The van der Waals surface area contributed by atoms with Crippen molar-refractivity contribution in [3.8, 4) is 0 Å². The number of nitrogens with one attached hydrogen (secondary N) is 1. The summed E-state index contributed by atoms with van der Waals surface area (Å²) in [5.41, 5.74) is 1.43. The molecule has 1 aromatic carbocycles. The first kappa shape index (κ1) is 15.5. The van der Waals surface area contributed by atoms with E-state index < -0.39 is 0 Å². The van der Waals surface area contributed by atoms with Gasteiger partial charge in [-0.3, -0.25) is 0 Å². The van der Waals surface area contributed by atoms with Crippen LogP contribution in [0.25, 0.3) is 0 Å². The molecule has 0 aliphatic carbocycles. The zero-order valence-corrected chi connectivity index (χ0v) is 11.8. The fourth-order valence-electron chi connectivity index (χ4n) is 1.75. The van der Waals surface area contributed by atoms with Crippen LogP contribution in [-0.2, 0) is 14.2 Å². The predicted molar refractivity (Wildman–Crippen MR) is 73.3 cm³/mol. The Morgan fingerprint density at radius 3 is 2.26 bits per heavy atom. The molecule has 0 saturated carbocycles. The molecule has 0 amide bonds. The quantitative estimate of drug-likeness (QED) is 0.606. The van der Waals surface area contributed by atoms with Crippen LogP contribution >= 0.6 is 0 Å². The Morgan fingerprint density at radius 1 is 1.21 bits per heavy atom. The molecule has 1 atom stereocenters. The van der Waals surface area contributed by atoms with Crippen molar-refractivity contribution in [1.29, 1.82) is 0 Å². The summed E-state index contributed by atoms with van der Waals surface area (Å²) in [7, 11) is 3.19. The second-order valence-electron chi connectivity index (χ2n) is 4.07. The standard InChI is InChI=1S/C14H21NO4/c1-5-19-13(16)11-6-8-12(9-7-11)15-10(2)14(17-3)18-4/h6-10,14-15H,5H2,1-4H3. The average molecular weight is 267 g/mol. The Morgan fingerprint density at radius 2 is 1.79 bits per heavy atom.